The van der Waals surface area contributed by atoms with Gasteiger partial charge < -0.3 is 5.11 Å². The Hall–Kier alpha value is -2.96. The molecular weight excluding hydrogens is 252 g/mol. The van der Waals surface area contributed by atoms with Gasteiger partial charge in [-0.1, -0.05) is 42.5 Å². The molecule has 0 fully saturated rings. The van der Waals surface area contributed by atoms with Crippen molar-refractivity contribution < 1.29 is 15.0 Å². The highest BCUT2D eigenvalue weighted by Crippen LogP contribution is 2.34. The fourth-order valence-corrected chi connectivity index (χ4v) is 1.24. The first-order valence-electron chi connectivity index (χ1n) is 5.15. The Morgan fingerprint density at radius 1 is 0.789 bits per heavy atom. The highest BCUT2D eigenvalue weighted by molar-refractivity contribution is 5.60. The molecule has 2 aromatic rings. The number of aromatic hydroxyl groups is 1. The first-order valence-corrected chi connectivity index (χ1v) is 5.15. The van der Waals surface area contributed by atoms with E-state index in [-0.39, 0.29) is 0 Å². The average molecular weight is 262 g/mol. The van der Waals surface area contributed by atoms with Crippen molar-refractivity contribution in [1.82, 2.24) is 0 Å². The van der Waals surface area contributed by atoms with Gasteiger partial charge in [0, 0.05) is 6.07 Å². The molecule has 19 heavy (non-hydrogen) atoms. The first kappa shape index (κ1) is 14.1. The van der Waals surface area contributed by atoms with E-state index in [1.165, 1.54) is 6.07 Å². The van der Waals surface area contributed by atoms with Gasteiger partial charge in [0.25, 0.3) is 0 Å². The maximum atomic E-state index is 10.3. The Morgan fingerprint density at radius 2 is 1.26 bits per heavy atom. The van der Waals surface area contributed by atoms with Gasteiger partial charge >= 0.3 is 11.4 Å². The van der Waals surface area contributed by atoms with Crippen molar-refractivity contribution in [3.8, 4) is 5.75 Å². The van der Waals surface area contributed by atoms with Crippen LogP contribution in [0.1, 0.15) is 0 Å². The average Bonchev–Trinajstić information content (AvgIpc) is 2.40. The van der Waals surface area contributed by atoms with Crippen LogP contribution in [-0.4, -0.2) is 15.0 Å². The number of hydrogen-bond acceptors (Lipinski definition) is 5. The van der Waals surface area contributed by atoms with Crippen molar-refractivity contribution in [2.45, 2.75) is 0 Å². The monoisotopic (exact) mass is 262 g/mol. The second kappa shape index (κ2) is 6.70. The molecule has 7 heteroatoms. The van der Waals surface area contributed by atoms with Gasteiger partial charge in [0.2, 0.25) is 5.75 Å². The number of para-hydroxylation sites is 1. The molecule has 0 aliphatic rings. The Kier molecular flexibility index (Phi) is 4.97. The zero-order valence-electron chi connectivity index (χ0n) is 9.67. The van der Waals surface area contributed by atoms with Gasteiger partial charge in [-0.3, -0.25) is 20.2 Å². The van der Waals surface area contributed by atoms with Crippen LogP contribution in [0.15, 0.2) is 54.6 Å². The number of nitrogens with zero attached hydrogens (tertiary/aromatic N) is 2. The van der Waals surface area contributed by atoms with Gasteiger partial charge in [-0.25, -0.2) is 0 Å². The van der Waals surface area contributed by atoms with E-state index in [1.54, 1.807) is 0 Å². The van der Waals surface area contributed by atoms with Gasteiger partial charge in [0.15, 0.2) is 0 Å². The molecule has 0 aliphatic carbocycles. The lowest BCUT2D eigenvalue weighted by atomic mass is 10.2. The molecule has 0 atom stereocenters. The number of hydrogen-bond donors (Lipinski definition) is 1. The van der Waals surface area contributed by atoms with Crippen LogP contribution in [-0.2, 0) is 0 Å². The molecule has 2 aromatic carbocycles. The van der Waals surface area contributed by atoms with E-state index in [9.17, 15) is 20.2 Å². The fourth-order valence-electron chi connectivity index (χ4n) is 1.24. The Labute approximate surface area is 108 Å². The molecule has 0 aliphatic heterocycles. The first-order chi connectivity index (χ1) is 9.04. The maximum absolute atomic E-state index is 10.3. The highest BCUT2D eigenvalue weighted by Gasteiger charge is 2.27. The van der Waals surface area contributed by atoms with E-state index >= 15 is 0 Å². The Balaban J connectivity index is 0.000000250. The molecule has 2 rings (SSSR count). The summed E-state index contributed by atoms with van der Waals surface area (Å²) in [5.41, 5.74) is -1.60. The molecule has 0 heterocycles. The zero-order chi connectivity index (χ0) is 14.3. The highest BCUT2D eigenvalue weighted by atomic mass is 16.6. The summed E-state index contributed by atoms with van der Waals surface area (Å²) in [6.07, 6.45) is 0. The van der Waals surface area contributed by atoms with Gasteiger partial charge in [0.1, 0.15) is 0 Å². The topological polar surface area (TPSA) is 107 Å². The predicted octanol–water partition coefficient (Wildman–Crippen LogP) is 2.90. The normalized spacial score (nSPS) is 9.05. The van der Waals surface area contributed by atoms with E-state index in [0.29, 0.717) is 0 Å². The van der Waals surface area contributed by atoms with Crippen LogP contribution >= 0.6 is 0 Å². The van der Waals surface area contributed by atoms with E-state index in [1.807, 2.05) is 36.4 Å². The Bertz CT molecular complexity index is 545. The fraction of sp³-hybridized carbons (Fsp3) is 0. The third-order valence-corrected chi connectivity index (χ3v) is 2.04. The largest absolute Gasteiger partial charge is 0.502 e. The van der Waals surface area contributed by atoms with Gasteiger partial charge in [0.05, 0.1) is 9.85 Å². The zero-order valence-corrected chi connectivity index (χ0v) is 9.67. The lowest BCUT2D eigenvalue weighted by molar-refractivity contribution is -0.423. The number of nitro benzene ring substituents is 2. The van der Waals surface area contributed by atoms with Crippen molar-refractivity contribution in [2.75, 3.05) is 0 Å². The number of nitro groups is 2. The SMILES string of the molecule is O=[N+]([O-])c1cccc(O)c1[N+](=O)[O-].c1ccccc1. The minimum Gasteiger partial charge on any atom is -0.502 e. The number of phenols is 1. The summed E-state index contributed by atoms with van der Waals surface area (Å²) in [5.74, 6) is -0.709. The summed E-state index contributed by atoms with van der Waals surface area (Å²) in [4.78, 5) is 18.6. The predicted molar refractivity (Wildman–Crippen MR) is 67.9 cm³/mol. The van der Waals surface area contributed by atoms with Crippen molar-refractivity contribution in [3.63, 3.8) is 0 Å². The lowest BCUT2D eigenvalue weighted by Gasteiger charge is -1.95. The summed E-state index contributed by atoms with van der Waals surface area (Å²) in [6, 6.07) is 15.1. The summed E-state index contributed by atoms with van der Waals surface area (Å²) in [6.45, 7) is 0. The molecule has 0 saturated heterocycles. The lowest BCUT2D eigenvalue weighted by Crippen LogP contribution is -1.96. The van der Waals surface area contributed by atoms with Crippen molar-refractivity contribution in [3.05, 3.63) is 74.8 Å². The minimum absolute atomic E-state index is 0.709. The molecule has 7 nitrogen and oxygen atoms in total. The summed E-state index contributed by atoms with van der Waals surface area (Å²) in [5, 5.41) is 29.5. The van der Waals surface area contributed by atoms with Crippen molar-refractivity contribution >= 4 is 11.4 Å². The van der Waals surface area contributed by atoms with Crippen LogP contribution in [0.3, 0.4) is 0 Å². The summed E-state index contributed by atoms with van der Waals surface area (Å²) >= 11 is 0. The smallest absolute Gasteiger partial charge is 0.387 e. The van der Waals surface area contributed by atoms with E-state index < -0.39 is 27.0 Å². The summed E-state index contributed by atoms with van der Waals surface area (Å²) in [7, 11) is 0. The number of phenolic OH excluding ortho intramolecular Hbond substituents is 1. The van der Waals surface area contributed by atoms with Gasteiger partial charge in [-0.2, -0.15) is 0 Å². The number of rotatable bonds is 2. The molecule has 98 valence electrons. The van der Waals surface area contributed by atoms with Gasteiger partial charge in [-0.05, 0) is 6.07 Å². The molecule has 1 N–H and O–H groups in total. The van der Waals surface area contributed by atoms with Crippen LogP contribution in [0.4, 0.5) is 11.4 Å². The van der Waals surface area contributed by atoms with Crippen LogP contribution in [0.5, 0.6) is 5.75 Å². The van der Waals surface area contributed by atoms with Crippen LogP contribution in [0, 0.1) is 20.2 Å². The molecule has 0 spiro atoms. The standard InChI is InChI=1S/C6H4N2O5.C6H6/c9-5-3-1-2-4(7(10)11)6(5)8(12)13;1-2-4-6-5-3-1/h1-3,9H;1-6H. The second-order valence-electron chi connectivity index (χ2n) is 3.31. The second-order valence-corrected chi connectivity index (χ2v) is 3.31. The van der Waals surface area contributed by atoms with Crippen LogP contribution in [0.2, 0.25) is 0 Å². The van der Waals surface area contributed by atoms with E-state index in [0.717, 1.165) is 12.1 Å². The molecule has 0 radical (unpaired) electrons. The van der Waals surface area contributed by atoms with E-state index in [4.69, 9.17) is 5.11 Å². The van der Waals surface area contributed by atoms with Crippen LogP contribution < -0.4 is 0 Å². The maximum Gasteiger partial charge on any atom is 0.387 e. The molecule has 0 amide bonds. The molecular formula is C12H10N2O5. The van der Waals surface area contributed by atoms with Crippen molar-refractivity contribution in [1.29, 1.82) is 0 Å². The third kappa shape index (κ3) is 4.08. The molecule has 0 unspecified atom stereocenters. The Morgan fingerprint density at radius 3 is 1.58 bits per heavy atom. The van der Waals surface area contributed by atoms with Crippen LogP contribution in [0.25, 0.3) is 0 Å². The quantitative estimate of drug-likeness (QED) is 0.661. The van der Waals surface area contributed by atoms with Gasteiger partial charge in [-0.15, -0.1) is 0 Å². The molecule has 0 aromatic heterocycles. The third-order valence-electron chi connectivity index (χ3n) is 2.04. The number of benzene rings is 2. The van der Waals surface area contributed by atoms with Crippen molar-refractivity contribution in [2.24, 2.45) is 0 Å². The van der Waals surface area contributed by atoms with E-state index in [2.05, 4.69) is 0 Å². The molecule has 0 bridgehead atoms. The minimum atomic E-state index is -0.993. The molecule has 0 saturated carbocycles. The summed E-state index contributed by atoms with van der Waals surface area (Å²) < 4.78 is 0.